The quantitative estimate of drug-likeness (QED) is 0.606. The van der Waals surface area contributed by atoms with Crippen LogP contribution in [0.25, 0.3) is 16.8 Å². The highest BCUT2D eigenvalue weighted by Gasteiger charge is 2.18. The van der Waals surface area contributed by atoms with Crippen LogP contribution in [0.2, 0.25) is 0 Å². The molecule has 4 rings (SSSR count). The monoisotopic (exact) mass is 442 g/mol. The molecule has 1 atom stereocenters. The Morgan fingerprint density at radius 1 is 1.12 bits per heavy atom. The second kappa shape index (κ2) is 9.92. The number of ether oxygens (including phenoxy) is 1. The number of carbonyl (C=O) groups excluding carboxylic acids is 1. The molecular weight excluding hydrogens is 418 g/mol. The first-order chi connectivity index (χ1) is 15.5. The lowest BCUT2D eigenvalue weighted by Gasteiger charge is -2.29. The minimum Gasteiger partial charge on any atom is -0.379 e. The zero-order valence-electron chi connectivity index (χ0n) is 17.6. The van der Waals surface area contributed by atoms with Crippen molar-refractivity contribution in [1.29, 1.82) is 0 Å². The molecule has 1 fully saturated rings. The van der Waals surface area contributed by atoms with E-state index in [1.807, 2.05) is 13.0 Å². The molecule has 0 spiro atoms. The van der Waals surface area contributed by atoms with Gasteiger partial charge in [-0.2, -0.15) is 0 Å². The van der Waals surface area contributed by atoms with Gasteiger partial charge in [-0.3, -0.25) is 9.69 Å². The summed E-state index contributed by atoms with van der Waals surface area (Å²) in [6, 6.07) is 11.2. The van der Waals surface area contributed by atoms with Gasteiger partial charge in [0.1, 0.15) is 6.33 Å². The summed E-state index contributed by atoms with van der Waals surface area (Å²) in [5.74, 6) is -0.230. The topological polar surface area (TPSA) is 85.2 Å². The molecule has 168 valence electrons. The minimum absolute atomic E-state index is 0.0553. The number of tetrazole rings is 1. The van der Waals surface area contributed by atoms with Crippen molar-refractivity contribution in [3.63, 3.8) is 0 Å². The van der Waals surface area contributed by atoms with Crippen LogP contribution in [-0.4, -0.2) is 69.9 Å². The van der Waals surface area contributed by atoms with Gasteiger partial charge in [-0.1, -0.05) is 24.3 Å². The second-order valence-electron chi connectivity index (χ2n) is 7.73. The van der Waals surface area contributed by atoms with E-state index < -0.39 is 6.43 Å². The fraction of sp³-hybridized carbons (Fsp3) is 0.364. The van der Waals surface area contributed by atoms with E-state index in [1.54, 1.807) is 24.3 Å². The van der Waals surface area contributed by atoms with Crippen molar-refractivity contribution >= 4 is 5.91 Å². The number of aromatic nitrogens is 4. The van der Waals surface area contributed by atoms with E-state index in [0.717, 1.165) is 19.6 Å². The van der Waals surface area contributed by atoms with Gasteiger partial charge >= 0.3 is 0 Å². The van der Waals surface area contributed by atoms with Crippen molar-refractivity contribution in [3.8, 4) is 16.8 Å². The van der Waals surface area contributed by atoms with E-state index in [0.29, 0.717) is 35.6 Å². The molecule has 1 aliphatic rings. The zero-order chi connectivity index (χ0) is 22.5. The fourth-order valence-corrected chi connectivity index (χ4v) is 3.67. The Morgan fingerprint density at radius 3 is 2.53 bits per heavy atom. The van der Waals surface area contributed by atoms with E-state index in [-0.39, 0.29) is 17.5 Å². The Hall–Kier alpha value is -3.24. The van der Waals surface area contributed by atoms with Crippen LogP contribution < -0.4 is 5.32 Å². The van der Waals surface area contributed by atoms with E-state index in [1.165, 1.54) is 23.1 Å². The van der Waals surface area contributed by atoms with Gasteiger partial charge in [0.2, 0.25) is 0 Å². The minimum atomic E-state index is -2.54. The molecule has 0 radical (unpaired) electrons. The molecule has 1 aliphatic heterocycles. The smallest absolute Gasteiger partial charge is 0.263 e. The predicted molar refractivity (Wildman–Crippen MR) is 114 cm³/mol. The molecule has 1 N–H and O–H groups in total. The number of benzene rings is 2. The van der Waals surface area contributed by atoms with Crippen molar-refractivity contribution in [2.24, 2.45) is 0 Å². The Labute approximate surface area is 184 Å². The summed E-state index contributed by atoms with van der Waals surface area (Å²) in [7, 11) is 0. The number of alkyl halides is 2. The Morgan fingerprint density at radius 2 is 1.88 bits per heavy atom. The highest BCUT2D eigenvalue weighted by Crippen LogP contribution is 2.27. The predicted octanol–water partition coefficient (Wildman–Crippen LogP) is 2.72. The van der Waals surface area contributed by atoms with Crippen LogP contribution >= 0.6 is 0 Å². The molecule has 0 aliphatic carbocycles. The third kappa shape index (κ3) is 5.32. The van der Waals surface area contributed by atoms with Crippen LogP contribution in [0.3, 0.4) is 0 Å². The number of morpholine rings is 1. The van der Waals surface area contributed by atoms with Gasteiger partial charge in [0.05, 0.1) is 18.9 Å². The molecule has 10 heteroatoms. The van der Waals surface area contributed by atoms with Crippen molar-refractivity contribution in [1.82, 2.24) is 30.4 Å². The SMILES string of the molecule is C[C@H](CN1CCOCC1)NC(=O)c1cc(-c2ccc(C(F)F)cc2)cc(-n2cnnn2)c1. The number of carbonyl (C=O) groups is 1. The molecule has 2 aromatic carbocycles. The van der Waals surface area contributed by atoms with Gasteiger partial charge in [-0.25, -0.2) is 13.5 Å². The van der Waals surface area contributed by atoms with E-state index >= 15 is 0 Å². The fourth-order valence-electron chi connectivity index (χ4n) is 3.67. The van der Waals surface area contributed by atoms with Crippen molar-refractivity contribution in [2.75, 3.05) is 32.8 Å². The van der Waals surface area contributed by atoms with Crippen LogP contribution in [-0.2, 0) is 4.74 Å². The molecule has 1 aromatic heterocycles. The molecular formula is C22H24F2N6O2. The molecule has 0 saturated carbocycles. The van der Waals surface area contributed by atoms with Gasteiger partial charge in [0.15, 0.2) is 0 Å². The van der Waals surface area contributed by atoms with Crippen molar-refractivity contribution < 1.29 is 18.3 Å². The Bertz CT molecular complexity index is 1040. The largest absolute Gasteiger partial charge is 0.379 e. The molecule has 1 saturated heterocycles. The molecule has 8 nitrogen and oxygen atoms in total. The van der Waals surface area contributed by atoms with E-state index in [4.69, 9.17) is 4.74 Å². The number of nitrogens with zero attached hydrogens (tertiary/aromatic N) is 5. The second-order valence-corrected chi connectivity index (χ2v) is 7.73. The number of rotatable bonds is 7. The molecule has 0 bridgehead atoms. The summed E-state index contributed by atoms with van der Waals surface area (Å²) in [5.41, 5.74) is 2.38. The number of hydrogen-bond acceptors (Lipinski definition) is 6. The van der Waals surface area contributed by atoms with Crippen LogP contribution in [0.15, 0.2) is 48.8 Å². The molecule has 3 aromatic rings. The lowest BCUT2D eigenvalue weighted by atomic mass is 10.00. The Balaban J connectivity index is 1.58. The standard InChI is InChI=1S/C22H24F2N6O2/c1-15(13-29-6-8-32-9-7-29)26-22(31)19-10-18(11-20(12-19)30-14-25-27-28-30)16-2-4-17(5-3-16)21(23)24/h2-5,10-12,14-15,21H,6-9,13H2,1H3,(H,26,31)/t15-/m1/s1. The summed E-state index contributed by atoms with van der Waals surface area (Å²) in [4.78, 5) is 15.3. The van der Waals surface area contributed by atoms with Crippen molar-refractivity contribution in [3.05, 3.63) is 59.9 Å². The van der Waals surface area contributed by atoms with Gasteiger partial charge < -0.3 is 10.1 Å². The van der Waals surface area contributed by atoms with Crippen molar-refractivity contribution in [2.45, 2.75) is 19.4 Å². The normalized spacial score (nSPS) is 15.6. The maximum absolute atomic E-state index is 13.0. The highest BCUT2D eigenvalue weighted by atomic mass is 19.3. The van der Waals surface area contributed by atoms with Gasteiger partial charge in [0, 0.05) is 36.8 Å². The van der Waals surface area contributed by atoms with Crippen LogP contribution in [0.1, 0.15) is 29.3 Å². The molecule has 32 heavy (non-hydrogen) atoms. The van der Waals surface area contributed by atoms with Gasteiger partial charge in [0.25, 0.3) is 12.3 Å². The lowest BCUT2D eigenvalue weighted by Crippen LogP contribution is -2.46. The van der Waals surface area contributed by atoms with E-state index in [9.17, 15) is 13.6 Å². The third-order valence-corrected chi connectivity index (χ3v) is 5.30. The first kappa shape index (κ1) is 22.0. The summed E-state index contributed by atoms with van der Waals surface area (Å²) >= 11 is 0. The van der Waals surface area contributed by atoms with Crippen LogP contribution in [0.5, 0.6) is 0 Å². The molecule has 0 unspecified atom stereocenters. The van der Waals surface area contributed by atoms with Gasteiger partial charge in [-0.15, -0.1) is 5.10 Å². The average Bonchev–Trinajstić information content (AvgIpc) is 3.34. The van der Waals surface area contributed by atoms with E-state index in [2.05, 4.69) is 25.7 Å². The zero-order valence-corrected chi connectivity index (χ0v) is 17.6. The Kier molecular flexibility index (Phi) is 6.81. The number of hydrogen-bond donors (Lipinski definition) is 1. The summed E-state index contributed by atoms with van der Waals surface area (Å²) < 4.78 is 32.7. The van der Waals surface area contributed by atoms with Crippen LogP contribution in [0, 0.1) is 0 Å². The maximum atomic E-state index is 13.0. The number of amides is 1. The number of halogens is 2. The lowest BCUT2D eigenvalue weighted by molar-refractivity contribution is 0.0342. The molecule has 2 heterocycles. The average molecular weight is 442 g/mol. The van der Waals surface area contributed by atoms with Gasteiger partial charge in [-0.05, 0) is 46.7 Å². The summed E-state index contributed by atoms with van der Waals surface area (Å²) in [6.45, 7) is 5.76. The summed E-state index contributed by atoms with van der Waals surface area (Å²) in [5, 5.41) is 14.2. The number of nitrogens with one attached hydrogen (secondary N) is 1. The first-order valence-electron chi connectivity index (χ1n) is 10.4. The maximum Gasteiger partial charge on any atom is 0.263 e. The first-order valence-corrected chi connectivity index (χ1v) is 10.4. The third-order valence-electron chi connectivity index (χ3n) is 5.30. The summed E-state index contributed by atoms with van der Waals surface area (Å²) in [6.07, 6.45) is -1.10. The van der Waals surface area contributed by atoms with Crippen LogP contribution in [0.4, 0.5) is 8.78 Å². The highest BCUT2D eigenvalue weighted by molar-refractivity contribution is 5.96. The molecule has 1 amide bonds.